The van der Waals surface area contributed by atoms with E-state index in [0.717, 1.165) is 30.3 Å². The van der Waals surface area contributed by atoms with Gasteiger partial charge in [0.05, 0.1) is 69.6 Å². The summed E-state index contributed by atoms with van der Waals surface area (Å²) < 4.78 is 78.8. The maximum absolute atomic E-state index is 12.6. The molecule has 42 heteroatoms. The minimum absolute atomic E-state index is 0.00898. The molecule has 0 atom stereocenters. The number of hydrogen-bond donors (Lipinski definition) is 21. The van der Waals surface area contributed by atoms with Crippen LogP contribution in [0.4, 0.5) is 0 Å². The van der Waals surface area contributed by atoms with Crippen LogP contribution >= 0.6 is 0 Å². The van der Waals surface area contributed by atoms with E-state index in [1.54, 1.807) is 6.07 Å². The number of phenolic OH excluding ortho intramolecular Hbond substituents is 17. The Bertz CT molecular complexity index is 8390. The topological polar surface area (TPSA) is 689 Å². The molecule has 0 aliphatic rings. The number of phenols is 17. The second kappa shape index (κ2) is 40.4. The maximum Gasteiger partial charge on any atom is 0.239 e. The number of aromatic hydroxyl groups is 21. The standard InChI is InChI=1S/4C17H14O7.C16H12O7.C15H10O7/c1-22-9-6-11(19)14-13(7-9)24-17(16(21)15(14)20)8-3-4-12(23-2)10(18)5-8;1-22-12-4-3-8(5-10(12)19)16-17(23-2)15(21)14-11(20)6-9(18)7-13(14)24-16;1-22-9-6-11(19)14-13(7-9)24-17(16(21)15(14)20)8-3-4-10(18)12(5-8)23-2;1-22-9-6-12(23-2)14-13(7-9)24-17(16(21)15(14)20)8-3-4-10(18)11(19)5-8;1-22-16-14(21)13-11(20)5-8(17)6-12(13)23-15(16)7-2-3-9(18)10(19)4-7;16-6-1-2-8(9(18)3-6)15-14(21)13(20)12-10(19)4-7(17)5-11(12)22-15/h3-7,18-19,21H,1-2H3;3-7,18-20H,1-2H3;2*3-7,18-19,21H,1-2H3;2-6,17-20H,1H3;1-5,16-19,21H. The summed E-state index contributed by atoms with van der Waals surface area (Å²) in [5.41, 5.74) is -2.94. The van der Waals surface area contributed by atoms with E-state index in [-0.39, 0.29) is 226 Å². The van der Waals surface area contributed by atoms with Crippen LogP contribution in [-0.4, -0.2) is 171 Å². The van der Waals surface area contributed by atoms with Crippen molar-refractivity contribution in [2.75, 3.05) is 64.0 Å². The minimum atomic E-state index is -0.916. The number of ether oxygens (including phenoxy) is 9. The quantitative estimate of drug-likeness (QED) is 0.0424. The Morgan fingerprint density at radius 1 is 0.184 bits per heavy atom. The van der Waals surface area contributed by atoms with Crippen molar-refractivity contribution in [3.8, 4) is 240 Å². The van der Waals surface area contributed by atoms with E-state index >= 15 is 0 Å². The molecule has 0 aliphatic heterocycles. The van der Waals surface area contributed by atoms with Gasteiger partial charge < -0.3 is 176 Å². The van der Waals surface area contributed by atoms with Gasteiger partial charge in [0.15, 0.2) is 92.1 Å². The summed E-state index contributed by atoms with van der Waals surface area (Å²) in [5.74, 6) is -7.40. The van der Waals surface area contributed by atoms with E-state index in [2.05, 4.69) is 0 Å². The molecule has 6 heterocycles. The second-order valence-electron chi connectivity index (χ2n) is 29.5. The molecule has 18 rings (SSSR count). The van der Waals surface area contributed by atoms with Gasteiger partial charge in [-0.3, -0.25) is 28.8 Å². The van der Waals surface area contributed by atoms with Gasteiger partial charge in [0.1, 0.15) is 146 Å². The van der Waals surface area contributed by atoms with E-state index < -0.39 is 90.1 Å². The molecule has 0 fully saturated rings. The molecule has 0 aliphatic carbocycles. The molecule has 21 N–H and O–H groups in total. The minimum Gasteiger partial charge on any atom is -0.508 e. The van der Waals surface area contributed by atoms with Crippen LogP contribution in [0.3, 0.4) is 0 Å². The Labute approximate surface area is 786 Å². The van der Waals surface area contributed by atoms with Gasteiger partial charge in [-0.05, 0) is 103 Å². The van der Waals surface area contributed by atoms with Crippen molar-refractivity contribution in [3.63, 3.8) is 0 Å². The molecular weight excluding hydrogens is 1860 g/mol. The summed E-state index contributed by atoms with van der Waals surface area (Å²) in [6.07, 6.45) is 0. The third-order valence-corrected chi connectivity index (χ3v) is 20.9. The van der Waals surface area contributed by atoms with E-state index in [1.807, 2.05) is 0 Å². The van der Waals surface area contributed by atoms with Crippen LogP contribution in [0.25, 0.3) is 134 Å². The normalized spacial score (nSPS) is 10.8. The number of hydrogen-bond acceptors (Lipinski definition) is 42. The lowest BCUT2D eigenvalue weighted by Crippen LogP contribution is -2.07. The Morgan fingerprint density at radius 2 is 0.468 bits per heavy atom. The molecule has 6 aromatic heterocycles. The summed E-state index contributed by atoms with van der Waals surface area (Å²) in [6.45, 7) is 0. The highest BCUT2D eigenvalue weighted by Gasteiger charge is 2.29. The lowest BCUT2D eigenvalue weighted by molar-refractivity contribution is 0.373. The highest BCUT2D eigenvalue weighted by molar-refractivity contribution is 5.95. The summed E-state index contributed by atoms with van der Waals surface area (Å²) in [7, 11) is 12.4. The van der Waals surface area contributed by atoms with Crippen molar-refractivity contribution in [2.24, 2.45) is 0 Å². The predicted octanol–water partition coefficient (Wildman–Crippen LogP) is 14.7. The average molecular weight is 1940 g/mol. The molecule has 0 radical (unpaired) electrons. The SMILES string of the molecule is COc1c(-c2ccc(O)c(O)c2)oc2cc(O)cc(O)c2c1=O.COc1cc(O)c2c(=O)c(O)c(-c3ccc(O)c(OC)c3)oc2c1.COc1cc(O)c2c(=O)c(O)c(-c3ccc(OC)c(O)c3)oc2c1.COc1cc(OC)c2c(=O)c(O)c(-c3ccc(O)c(O)c3)oc2c1.COc1ccc(-c2oc3cc(O)cc(O)c3c(=O)c2OC)cc1O.O=c1c(O)c(-c2ccc(O)cc2O)oc2cc(O)cc(O)c12. The third-order valence-electron chi connectivity index (χ3n) is 20.9. The molecule has 0 saturated heterocycles. The fourth-order valence-corrected chi connectivity index (χ4v) is 14.1. The first-order valence-electron chi connectivity index (χ1n) is 40.2. The van der Waals surface area contributed by atoms with Crippen molar-refractivity contribution in [3.05, 3.63) is 243 Å². The van der Waals surface area contributed by atoms with Crippen LogP contribution in [0, 0.1) is 0 Å². The van der Waals surface area contributed by atoms with Gasteiger partial charge in [0.2, 0.25) is 67.1 Å². The van der Waals surface area contributed by atoms with Gasteiger partial charge in [0, 0.05) is 107 Å². The van der Waals surface area contributed by atoms with E-state index in [4.69, 9.17) is 69.1 Å². The highest BCUT2D eigenvalue weighted by atomic mass is 16.5. The first-order chi connectivity index (χ1) is 67.1. The predicted molar refractivity (Wildman–Crippen MR) is 501 cm³/mol. The van der Waals surface area contributed by atoms with E-state index in [0.29, 0.717) is 22.6 Å². The van der Waals surface area contributed by atoms with Crippen LogP contribution in [0.2, 0.25) is 0 Å². The first kappa shape index (κ1) is 98.4. The first-order valence-corrected chi connectivity index (χ1v) is 40.2. The van der Waals surface area contributed by atoms with Crippen LogP contribution < -0.4 is 75.2 Å². The Hall–Kier alpha value is -20.1. The van der Waals surface area contributed by atoms with Crippen molar-refractivity contribution < 1.29 is 176 Å². The number of benzene rings is 12. The Balaban J connectivity index is 0.000000142. The second-order valence-corrected chi connectivity index (χ2v) is 29.5. The zero-order valence-corrected chi connectivity index (χ0v) is 74.3. The summed E-state index contributed by atoms with van der Waals surface area (Å²) in [5, 5.41) is 204. The maximum atomic E-state index is 12.6. The van der Waals surface area contributed by atoms with Crippen LogP contribution in [0.5, 0.6) is 172 Å². The zero-order chi connectivity index (χ0) is 102. The van der Waals surface area contributed by atoms with Crippen molar-refractivity contribution in [2.45, 2.75) is 0 Å². The monoisotopic (exact) mass is 1940 g/mol. The van der Waals surface area contributed by atoms with E-state index in [9.17, 15) is 136 Å². The van der Waals surface area contributed by atoms with Crippen molar-refractivity contribution in [1.82, 2.24) is 0 Å². The van der Waals surface area contributed by atoms with Crippen LogP contribution in [0.15, 0.2) is 237 Å². The molecule has 0 spiro atoms. The van der Waals surface area contributed by atoms with Crippen LogP contribution in [-0.2, 0) is 0 Å². The van der Waals surface area contributed by atoms with Crippen molar-refractivity contribution in [1.29, 1.82) is 0 Å². The van der Waals surface area contributed by atoms with Crippen LogP contribution in [0.1, 0.15) is 0 Å². The molecule has 18 aromatic rings. The lowest BCUT2D eigenvalue weighted by atomic mass is 10.1. The number of methoxy groups -OCH3 is 9. The zero-order valence-electron chi connectivity index (χ0n) is 74.3. The fourth-order valence-electron chi connectivity index (χ4n) is 14.1. The van der Waals surface area contributed by atoms with Gasteiger partial charge >= 0.3 is 0 Å². The molecule has 726 valence electrons. The number of rotatable bonds is 15. The summed E-state index contributed by atoms with van der Waals surface area (Å²) >= 11 is 0. The van der Waals surface area contributed by atoms with Gasteiger partial charge in [0.25, 0.3) is 0 Å². The van der Waals surface area contributed by atoms with E-state index in [1.165, 1.54) is 210 Å². The van der Waals surface area contributed by atoms with Crippen molar-refractivity contribution >= 4 is 65.8 Å². The van der Waals surface area contributed by atoms with Gasteiger partial charge in [-0.15, -0.1) is 0 Å². The smallest absolute Gasteiger partial charge is 0.239 e. The highest BCUT2D eigenvalue weighted by Crippen LogP contribution is 2.47. The average Bonchev–Trinajstić information content (AvgIpc) is 0.780. The molecular formula is C99H78O42. The Morgan fingerprint density at radius 3 is 0.816 bits per heavy atom. The Kier molecular flexibility index (Phi) is 28.2. The molecule has 0 amide bonds. The fraction of sp³-hybridized carbons (Fsp3) is 0.0909. The molecule has 0 bridgehead atoms. The van der Waals surface area contributed by atoms with Gasteiger partial charge in [-0.25, -0.2) is 0 Å². The molecule has 141 heavy (non-hydrogen) atoms. The largest absolute Gasteiger partial charge is 0.508 e. The molecule has 0 saturated carbocycles. The van der Waals surface area contributed by atoms with Gasteiger partial charge in [-0.1, -0.05) is 0 Å². The molecule has 12 aromatic carbocycles. The molecule has 42 nitrogen and oxygen atoms in total. The summed E-state index contributed by atoms with van der Waals surface area (Å²) in [6, 6.07) is 38.9. The van der Waals surface area contributed by atoms with Gasteiger partial charge in [-0.2, -0.15) is 0 Å². The third kappa shape index (κ3) is 19.6. The molecule has 0 unspecified atom stereocenters. The number of fused-ring (bicyclic) bond motifs is 6. The summed E-state index contributed by atoms with van der Waals surface area (Å²) in [4.78, 5) is 74.5. The lowest BCUT2D eigenvalue weighted by Gasteiger charge is -2.11.